The van der Waals surface area contributed by atoms with Crippen LogP contribution >= 0.6 is 0 Å². The Kier molecular flexibility index (Phi) is 3.48. The number of hydrogen-bond donors (Lipinski definition) is 0. The monoisotopic (exact) mass is 325 g/mol. The van der Waals surface area contributed by atoms with Crippen LogP contribution in [0.1, 0.15) is 47.4 Å². The predicted octanol–water partition coefficient (Wildman–Crippen LogP) is 2.46. The van der Waals surface area contributed by atoms with E-state index in [0.29, 0.717) is 25.4 Å². The van der Waals surface area contributed by atoms with Crippen molar-refractivity contribution in [2.75, 3.05) is 0 Å². The van der Waals surface area contributed by atoms with Crippen molar-refractivity contribution in [1.82, 2.24) is 24.5 Å². The third kappa shape index (κ3) is 2.42. The van der Waals surface area contributed by atoms with Gasteiger partial charge in [-0.25, -0.2) is 0 Å². The van der Waals surface area contributed by atoms with Gasteiger partial charge in [-0.3, -0.25) is 14.2 Å². The molecule has 24 heavy (non-hydrogen) atoms. The average molecular weight is 325 g/mol. The zero-order chi connectivity index (χ0) is 16.7. The maximum Gasteiger partial charge on any atom is 0.290 e. The first-order valence-corrected chi connectivity index (χ1v) is 8.03. The van der Waals surface area contributed by atoms with E-state index in [1.807, 2.05) is 21.6 Å². The van der Waals surface area contributed by atoms with E-state index in [1.165, 1.54) is 6.26 Å². The van der Waals surface area contributed by atoms with Crippen molar-refractivity contribution in [2.45, 2.75) is 39.5 Å². The van der Waals surface area contributed by atoms with Gasteiger partial charge in [0.1, 0.15) is 0 Å². The van der Waals surface area contributed by atoms with Crippen molar-refractivity contribution in [1.29, 1.82) is 0 Å². The number of fused-ring (bicyclic) bond motifs is 1. The highest BCUT2D eigenvalue weighted by molar-refractivity contribution is 5.91. The van der Waals surface area contributed by atoms with Crippen LogP contribution in [0.15, 0.2) is 41.3 Å². The van der Waals surface area contributed by atoms with E-state index < -0.39 is 0 Å². The summed E-state index contributed by atoms with van der Waals surface area (Å²) in [6, 6.07) is 5.57. The molecule has 4 rings (SSSR count). The van der Waals surface area contributed by atoms with Gasteiger partial charge >= 0.3 is 0 Å². The van der Waals surface area contributed by atoms with Gasteiger partial charge in [0, 0.05) is 24.0 Å². The van der Waals surface area contributed by atoms with Gasteiger partial charge in [0.2, 0.25) is 0 Å². The van der Waals surface area contributed by atoms with Gasteiger partial charge in [-0.15, -0.1) is 0 Å². The van der Waals surface area contributed by atoms with Crippen LogP contribution in [0.4, 0.5) is 0 Å². The highest BCUT2D eigenvalue weighted by atomic mass is 16.3. The number of rotatable bonds is 4. The lowest BCUT2D eigenvalue weighted by Crippen LogP contribution is -2.26. The summed E-state index contributed by atoms with van der Waals surface area (Å²) in [7, 11) is 0. The van der Waals surface area contributed by atoms with Gasteiger partial charge < -0.3 is 9.32 Å². The smallest absolute Gasteiger partial charge is 0.290 e. The Morgan fingerprint density at radius 2 is 2.21 bits per heavy atom. The number of aromatic nitrogens is 4. The third-order valence-corrected chi connectivity index (χ3v) is 4.27. The molecule has 1 aliphatic rings. The molecule has 0 saturated heterocycles. The standard InChI is InChI=1S/C17H19N5O2/c1-12(2)22-15-11-20(17(23)16-5-3-8-24-16)9-13(15)14(19-22)10-21-7-4-6-18-21/h3-8,12H,9-11H2,1-2H3. The van der Waals surface area contributed by atoms with E-state index in [2.05, 4.69) is 18.9 Å². The normalized spacial score (nSPS) is 13.7. The van der Waals surface area contributed by atoms with Crippen molar-refractivity contribution in [2.24, 2.45) is 0 Å². The summed E-state index contributed by atoms with van der Waals surface area (Å²) >= 11 is 0. The lowest BCUT2D eigenvalue weighted by atomic mass is 10.2. The number of hydrogen-bond acceptors (Lipinski definition) is 4. The minimum Gasteiger partial charge on any atom is -0.459 e. The Morgan fingerprint density at radius 1 is 1.33 bits per heavy atom. The lowest BCUT2D eigenvalue weighted by Gasteiger charge is -2.16. The van der Waals surface area contributed by atoms with E-state index in [9.17, 15) is 4.79 Å². The van der Waals surface area contributed by atoms with Crippen LogP contribution in [0.25, 0.3) is 0 Å². The summed E-state index contributed by atoms with van der Waals surface area (Å²) < 4.78 is 9.12. The van der Waals surface area contributed by atoms with Gasteiger partial charge in [-0.1, -0.05) is 0 Å². The maximum atomic E-state index is 12.6. The SMILES string of the molecule is CC(C)n1nc(Cn2cccn2)c2c1CN(C(=O)c1ccco1)C2. The molecule has 1 amide bonds. The first-order valence-electron chi connectivity index (χ1n) is 8.03. The molecule has 124 valence electrons. The van der Waals surface area contributed by atoms with E-state index in [1.54, 1.807) is 23.2 Å². The van der Waals surface area contributed by atoms with Crippen molar-refractivity contribution < 1.29 is 9.21 Å². The van der Waals surface area contributed by atoms with Crippen LogP contribution in [-0.2, 0) is 19.6 Å². The lowest BCUT2D eigenvalue weighted by molar-refractivity contribution is 0.0715. The Morgan fingerprint density at radius 3 is 2.88 bits per heavy atom. The molecule has 3 aromatic rings. The summed E-state index contributed by atoms with van der Waals surface area (Å²) in [6.45, 7) is 5.92. The molecule has 0 radical (unpaired) electrons. The van der Waals surface area contributed by atoms with Crippen LogP contribution in [0.3, 0.4) is 0 Å². The summed E-state index contributed by atoms with van der Waals surface area (Å²) in [5.74, 6) is 0.286. The largest absolute Gasteiger partial charge is 0.459 e. The van der Waals surface area contributed by atoms with Crippen molar-refractivity contribution in [3.63, 3.8) is 0 Å². The highest BCUT2D eigenvalue weighted by Crippen LogP contribution is 2.29. The zero-order valence-electron chi connectivity index (χ0n) is 13.7. The number of carbonyl (C=O) groups is 1. The minimum absolute atomic E-state index is 0.0865. The molecule has 0 N–H and O–H groups in total. The molecular formula is C17H19N5O2. The third-order valence-electron chi connectivity index (χ3n) is 4.27. The second-order valence-corrected chi connectivity index (χ2v) is 6.25. The molecule has 4 heterocycles. The topological polar surface area (TPSA) is 69.1 Å². The minimum atomic E-state index is -0.0865. The van der Waals surface area contributed by atoms with E-state index in [-0.39, 0.29) is 11.9 Å². The van der Waals surface area contributed by atoms with Gasteiger partial charge in [0.05, 0.1) is 37.3 Å². The summed E-state index contributed by atoms with van der Waals surface area (Å²) in [6.07, 6.45) is 5.20. The Bertz CT molecular complexity index is 846. The van der Waals surface area contributed by atoms with Gasteiger partial charge in [0.15, 0.2) is 5.76 Å². The Balaban J connectivity index is 1.65. The molecule has 0 aliphatic carbocycles. The molecule has 0 unspecified atom stereocenters. The first-order chi connectivity index (χ1) is 11.6. The molecule has 0 aromatic carbocycles. The molecule has 0 fully saturated rings. The van der Waals surface area contributed by atoms with Crippen LogP contribution in [0.5, 0.6) is 0 Å². The van der Waals surface area contributed by atoms with E-state index in [0.717, 1.165) is 17.0 Å². The molecule has 0 spiro atoms. The fraction of sp³-hybridized carbons (Fsp3) is 0.353. The number of amides is 1. The van der Waals surface area contributed by atoms with Gasteiger partial charge in [-0.05, 0) is 32.0 Å². The molecule has 7 heteroatoms. The van der Waals surface area contributed by atoms with E-state index >= 15 is 0 Å². The van der Waals surface area contributed by atoms with Crippen LogP contribution in [0, 0.1) is 0 Å². The zero-order valence-corrected chi connectivity index (χ0v) is 13.7. The fourth-order valence-corrected chi connectivity index (χ4v) is 3.13. The fourth-order valence-electron chi connectivity index (χ4n) is 3.13. The maximum absolute atomic E-state index is 12.6. The van der Waals surface area contributed by atoms with Crippen molar-refractivity contribution in [3.8, 4) is 0 Å². The summed E-state index contributed by atoms with van der Waals surface area (Å²) in [5, 5.41) is 9.01. The molecular weight excluding hydrogens is 306 g/mol. The molecule has 0 bridgehead atoms. The number of carbonyl (C=O) groups excluding carboxylic acids is 1. The van der Waals surface area contributed by atoms with Crippen molar-refractivity contribution >= 4 is 5.91 Å². The molecule has 7 nitrogen and oxygen atoms in total. The first kappa shape index (κ1) is 14.7. The second kappa shape index (κ2) is 5.67. The predicted molar refractivity (Wildman–Crippen MR) is 86.2 cm³/mol. The van der Waals surface area contributed by atoms with Crippen LogP contribution in [-0.4, -0.2) is 30.4 Å². The van der Waals surface area contributed by atoms with E-state index in [4.69, 9.17) is 9.52 Å². The van der Waals surface area contributed by atoms with Crippen LogP contribution in [0.2, 0.25) is 0 Å². The van der Waals surface area contributed by atoms with Gasteiger partial charge in [0.25, 0.3) is 5.91 Å². The quantitative estimate of drug-likeness (QED) is 0.739. The highest BCUT2D eigenvalue weighted by Gasteiger charge is 2.32. The number of nitrogens with zero attached hydrogens (tertiary/aromatic N) is 5. The van der Waals surface area contributed by atoms with Gasteiger partial charge in [-0.2, -0.15) is 10.2 Å². The number of furan rings is 1. The second-order valence-electron chi connectivity index (χ2n) is 6.25. The average Bonchev–Trinajstić information content (AvgIpc) is 3.33. The molecule has 3 aromatic heterocycles. The Labute approximate surface area is 139 Å². The summed E-state index contributed by atoms with van der Waals surface area (Å²) in [4.78, 5) is 14.4. The van der Waals surface area contributed by atoms with Crippen LogP contribution < -0.4 is 0 Å². The molecule has 0 atom stereocenters. The molecule has 0 saturated carbocycles. The Hall–Kier alpha value is -2.83. The molecule has 1 aliphatic heterocycles. The summed E-state index contributed by atoms with van der Waals surface area (Å²) in [5.41, 5.74) is 3.20. The van der Waals surface area contributed by atoms with Crippen molar-refractivity contribution in [3.05, 3.63) is 59.6 Å².